The second kappa shape index (κ2) is 5.12. The van der Waals surface area contributed by atoms with Crippen molar-refractivity contribution in [1.29, 1.82) is 0 Å². The van der Waals surface area contributed by atoms with Gasteiger partial charge in [0.2, 0.25) is 0 Å². The monoisotopic (exact) mass is 243 g/mol. The number of benzene rings is 1. The molecule has 0 aliphatic carbocycles. The lowest BCUT2D eigenvalue weighted by atomic mass is 9.90. The minimum atomic E-state index is -0.924. The van der Waals surface area contributed by atoms with E-state index in [1.54, 1.807) is 13.8 Å². The first-order valence-corrected chi connectivity index (χ1v) is 5.25. The van der Waals surface area contributed by atoms with Crippen molar-refractivity contribution in [2.75, 3.05) is 11.9 Å². The fourth-order valence-electron chi connectivity index (χ4n) is 1.23. The third-order valence-electron chi connectivity index (χ3n) is 2.58. The number of nitrogens with one attached hydrogen (secondary N) is 1. The Kier molecular flexibility index (Phi) is 4.04. The summed E-state index contributed by atoms with van der Waals surface area (Å²) in [5.41, 5.74) is -0.406. The van der Waals surface area contributed by atoms with Gasteiger partial charge in [-0.25, -0.2) is 8.78 Å². The van der Waals surface area contributed by atoms with Gasteiger partial charge in [0.25, 0.3) is 0 Å². The Bertz CT molecular complexity index is 419. The Labute approximate surface area is 98.5 Å². The third kappa shape index (κ3) is 3.69. The molecule has 0 amide bonds. The summed E-state index contributed by atoms with van der Waals surface area (Å²) in [4.78, 5) is 10.8. The molecule has 5 heteroatoms. The summed E-state index contributed by atoms with van der Waals surface area (Å²) in [5, 5.41) is 11.7. The van der Waals surface area contributed by atoms with Gasteiger partial charge in [0.15, 0.2) is 11.6 Å². The molecule has 94 valence electrons. The van der Waals surface area contributed by atoms with Crippen LogP contribution in [0, 0.1) is 17.0 Å². The molecule has 0 unspecified atom stereocenters. The lowest BCUT2D eigenvalue weighted by Crippen LogP contribution is -2.26. The van der Waals surface area contributed by atoms with E-state index in [-0.39, 0.29) is 0 Å². The highest BCUT2D eigenvalue weighted by Gasteiger charge is 2.26. The number of hydrogen-bond donors (Lipinski definition) is 2. The minimum absolute atomic E-state index is 0.379. The number of carboxylic acids is 1. The summed E-state index contributed by atoms with van der Waals surface area (Å²) in [5.74, 6) is -2.71. The molecule has 1 rings (SSSR count). The van der Waals surface area contributed by atoms with Crippen LogP contribution in [0.1, 0.15) is 20.3 Å². The molecule has 3 nitrogen and oxygen atoms in total. The number of anilines is 1. The predicted octanol–water partition coefficient (Wildman–Crippen LogP) is 2.88. The van der Waals surface area contributed by atoms with Crippen LogP contribution in [-0.4, -0.2) is 17.6 Å². The van der Waals surface area contributed by atoms with Crippen LogP contribution in [0.4, 0.5) is 14.5 Å². The molecule has 0 aromatic heterocycles. The van der Waals surface area contributed by atoms with Crippen molar-refractivity contribution in [2.24, 2.45) is 5.41 Å². The van der Waals surface area contributed by atoms with Crippen molar-refractivity contribution in [3.63, 3.8) is 0 Å². The van der Waals surface area contributed by atoms with Crippen LogP contribution in [0.5, 0.6) is 0 Å². The zero-order valence-electron chi connectivity index (χ0n) is 9.76. The van der Waals surface area contributed by atoms with Crippen LogP contribution < -0.4 is 5.32 Å². The Morgan fingerprint density at radius 3 is 2.53 bits per heavy atom. The van der Waals surface area contributed by atoms with Gasteiger partial charge in [-0.3, -0.25) is 4.79 Å². The van der Waals surface area contributed by atoms with Crippen molar-refractivity contribution in [3.8, 4) is 0 Å². The van der Waals surface area contributed by atoms with Gasteiger partial charge < -0.3 is 10.4 Å². The lowest BCUT2D eigenvalue weighted by molar-refractivity contribution is -0.147. The first-order valence-electron chi connectivity index (χ1n) is 5.25. The van der Waals surface area contributed by atoms with Crippen LogP contribution in [0.15, 0.2) is 18.2 Å². The Balaban J connectivity index is 2.51. The molecule has 0 atom stereocenters. The van der Waals surface area contributed by atoms with E-state index in [1.807, 2.05) is 0 Å². The maximum absolute atomic E-state index is 12.9. The van der Waals surface area contributed by atoms with Crippen molar-refractivity contribution >= 4 is 11.7 Å². The molecule has 17 heavy (non-hydrogen) atoms. The van der Waals surface area contributed by atoms with Crippen LogP contribution in [0.2, 0.25) is 0 Å². The van der Waals surface area contributed by atoms with Crippen LogP contribution in [0.3, 0.4) is 0 Å². The fraction of sp³-hybridized carbons (Fsp3) is 0.417. The third-order valence-corrected chi connectivity index (χ3v) is 2.58. The summed E-state index contributed by atoms with van der Waals surface area (Å²) in [6.07, 6.45) is 0.390. The van der Waals surface area contributed by atoms with Gasteiger partial charge in [0.05, 0.1) is 5.41 Å². The van der Waals surface area contributed by atoms with Gasteiger partial charge in [-0.1, -0.05) is 0 Å². The number of carbonyl (C=O) groups is 1. The minimum Gasteiger partial charge on any atom is -0.481 e. The molecule has 0 fully saturated rings. The standard InChI is InChI=1S/C12H15F2NO2/c1-12(2,11(16)17)5-6-15-8-3-4-9(13)10(14)7-8/h3-4,7,15H,5-6H2,1-2H3,(H,16,17). The van der Waals surface area contributed by atoms with Gasteiger partial charge in [-0.15, -0.1) is 0 Å². The van der Waals surface area contributed by atoms with Crippen LogP contribution >= 0.6 is 0 Å². The highest BCUT2D eigenvalue weighted by atomic mass is 19.2. The fourth-order valence-corrected chi connectivity index (χ4v) is 1.23. The number of rotatable bonds is 5. The summed E-state index contributed by atoms with van der Waals surface area (Å²) < 4.78 is 25.5. The van der Waals surface area contributed by atoms with Crippen molar-refractivity contribution in [1.82, 2.24) is 0 Å². The zero-order valence-corrected chi connectivity index (χ0v) is 9.76. The summed E-state index contributed by atoms with van der Waals surface area (Å²) in [6.45, 7) is 3.61. The molecule has 0 saturated heterocycles. The maximum Gasteiger partial charge on any atom is 0.309 e. The average molecular weight is 243 g/mol. The lowest BCUT2D eigenvalue weighted by Gasteiger charge is -2.19. The first kappa shape index (κ1) is 13.4. The second-order valence-electron chi connectivity index (χ2n) is 4.49. The molecule has 0 aliphatic heterocycles. The van der Waals surface area contributed by atoms with Gasteiger partial charge >= 0.3 is 5.97 Å². The number of carboxylic acid groups (broad SMARTS) is 1. The quantitative estimate of drug-likeness (QED) is 0.836. The predicted molar refractivity (Wildman–Crippen MR) is 60.9 cm³/mol. The molecule has 0 heterocycles. The highest BCUT2D eigenvalue weighted by molar-refractivity contribution is 5.73. The van der Waals surface area contributed by atoms with Gasteiger partial charge in [0.1, 0.15) is 0 Å². The molecule has 2 N–H and O–H groups in total. The Morgan fingerprint density at radius 2 is 2.00 bits per heavy atom. The Morgan fingerprint density at radius 1 is 1.35 bits per heavy atom. The van der Waals surface area contributed by atoms with E-state index >= 15 is 0 Å². The van der Waals surface area contributed by atoms with Crippen molar-refractivity contribution in [2.45, 2.75) is 20.3 Å². The van der Waals surface area contributed by atoms with Gasteiger partial charge in [0, 0.05) is 12.2 Å². The van der Waals surface area contributed by atoms with Crippen LogP contribution in [-0.2, 0) is 4.79 Å². The summed E-state index contributed by atoms with van der Waals surface area (Å²) in [6, 6.07) is 3.48. The van der Waals surface area contributed by atoms with E-state index in [9.17, 15) is 13.6 Å². The van der Waals surface area contributed by atoms with Crippen LogP contribution in [0.25, 0.3) is 0 Å². The molecular formula is C12H15F2NO2. The van der Waals surface area contributed by atoms with E-state index in [0.29, 0.717) is 18.7 Å². The molecule has 1 aromatic carbocycles. The van der Waals surface area contributed by atoms with Crippen molar-refractivity contribution < 1.29 is 18.7 Å². The normalized spacial score (nSPS) is 11.3. The second-order valence-corrected chi connectivity index (χ2v) is 4.49. The largest absolute Gasteiger partial charge is 0.481 e. The summed E-state index contributed by atoms with van der Waals surface area (Å²) >= 11 is 0. The topological polar surface area (TPSA) is 49.3 Å². The first-order chi connectivity index (χ1) is 7.83. The van der Waals surface area contributed by atoms with E-state index in [0.717, 1.165) is 12.1 Å². The number of aliphatic carboxylic acids is 1. The molecule has 0 spiro atoms. The van der Waals surface area contributed by atoms with E-state index < -0.39 is 23.0 Å². The van der Waals surface area contributed by atoms with E-state index in [1.165, 1.54) is 6.07 Å². The average Bonchev–Trinajstić information content (AvgIpc) is 2.23. The molecule has 0 radical (unpaired) electrons. The Hall–Kier alpha value is -1.65. The summed E-state index contributed by atoms with van der Waals surface area (Å²) in [7, 11) is 0. The molecular weight excluding hydrogens is 228 g/mol. The highest BCUT2D eigenvalue weighted by Crippen LogP contribution is 2.21. The molecule has 0 bridgehead atoms. The number of hydrogen-bond acceptors (Lipinski definition) is 2. The maximum atomic E-state index is 12.9. The van der Waals surface area contributed by atoms with Gasteiger partial charge in [-0.2, -0.15) is 0 Å². The smallest absolute Gasteiger partial charge is 0.309 e. The molecule has 0 saturated carbocycles. The molecule has 0 aliphatic rings. The molecule has 1 aromatic rings. The van der Waals surface area contributed by atoms with E-state index in [2.05, 4.69) is 5.32 Å². The van der Waals surface area contributed by atoms with E-state index in [4.69, 9.17) is 5.11 Å². The van der Waals surface area contributed by atoms with Gasteiger partial charge in [-0.05, 0) is 38.5 Å². The zero-order chi connectivity index (χ0) is 13.1. The van der Waals surface area contributed by atoms with Crippen molar-refractivity contribution in [3.05, 3.63) is 29.8 Å². The SMILES string of the molecule is CC(C)(CCNc1ccc(F)c(F)c1)C(=O)O. The number of halogens is 2.